The number of aromatic hydroxyl groups is 1. The normalized spacial score (nSPS) is 13.4. The van der Waals surface area contributed by atoms with Crippen LogP contribution in [0.1, 0.15) is 18.9 Å². The van der Waals surface area contributed by atoms with E-state index >= 15 is 0 Å². The van der Waals surface area contributed by atoms with Crippen LogP contribution in [0.2, 0.25) is 0 Å². The van der Waals surface area contributed by atoms with Gasteiger partial charge in [-0.2, -0.15) is 0 Å². The van der Waals surface area contributed by atoms with Crippen molar-refractivity contribution in [1.29, 1.82) is 0 Å². The van der Waals surface area contributed by atoms with Crippen molar-refractivity contribution in [1.82, 2.24) is 16.0 Å². The zero-order chi connectivity index (χ0) is 22.8. The van der Waals surface area contributed by atoms with Crippen LogP contribution in [0.5, 0.6) is 5.75 Å². The zero-order valence-electron chi connectivity index (χ0n) is 16.1. The second kappa shape index (κ2) is 11.4. The Bertz CT molecular complexity index is 796. The van der Waals surface area contributed by atoms with Crippen molar-refractivity contribution in [2.45, 2.75) is 37.9 Å². The van der Waals surface area contributed by atoms with Crippen LogP contribution in [0.15, 0.2) is 24.3 Å². The zero-order valence-corrected chi connectivity index (χ0v) is 16.1. The Kier molecular flexibility index (Phi) is 9.23. The first-order valence-electron chi connectivity index (χ1n) is 8.85. The number of carboxylic acids is 2. The highest BCUT2D eigenvalue weighted by Crippen LogP contribution is 2.11. The number of nitrogens with two attached hydrogens (primary N) is 1. The number of hydrogen-bond donors (Lipinski definition) is 7. The summed E-state index contributed by atoms with van der Waals surface area (Å²) in [5, 5.41) is 33.3. The lowest BCUT2D eigenvalue weighted by Gasteiger charge is -2.21. The first-order valence-corrected chi connectivity index (χ1v) is 8.85. The summed E-state index contributed by atoms with van der Waals surface area (Å²) >= 11 is 0. The molecule has 30 heavy (non-hydrogen) atoms. The van der Waals surface area contributed by atoms with Gasteiger partial charge in [-0.3, -0.25) is 24.0 Å². The quantitative estimate of drug-likeness (QED) is 0.208. The molecule has 8 N–H and O–H groups in total. The molecule has 0 saturated heterocycles. The molecule has 0 bridgehead atoms. The smallest absolute Gasteiger partial charge is 0.322 e. The maximum atomic E-state index is 12.3. The average molecular weight is 424 g/mol. The summed E-state index contributed by atoms with van der Waals surface area (Å²) in [6.07, 6.45) is -0.686. The van der Waals surface area contributed by atoms with E-state index < -0.39 is 60.8 Å². The van der Waals surface area contributed by atoms with Crippen molar-refractivity contribution in [2.75, 3.05) is 6.54 Å². The van der Waals surface area contributed by atoms with Gasteiger partial charge in [-0.05, 0) is 31.0 Å². The van der Waals surface area contributed by atoms with E-state index in [9.17, 15) is 29.1 Å². The minimum Gasteiger partial charge on any atom is -0.508 e. The summed E-state index contributed by atoms with van der Waals surface area (Å²) in [4.78, 5) is 57.9. The first-order chi connectivity index (χ1) is 14.0. The van der Waals surface area contributed by atoms with Crippen molar-refractivity contribution < 1.29 is 39.3 Å². The summed E-state index contributed by atoms with van der Waals surface area (Å²) < 4.78 is 0. The average Bonchev–Trinajstić information content (AvgIpc) is 2.66. The molecule has 0 aromatic heterocycles. The third-order valence-corrected chi connectivity index (χ3v) is 3.91. The number of carboxylic acid groups (broad SMARTS) is 2. The summed E-state index contributed by atoms with van der Waals surface area (Å²) in [7, 11) is 0. The Hall–Kier alpha value is -3.67. The molecule has 3 atom stereocenters. The summed E-state index contributed by atoms with van der Waals surface area (Å²) in [5.74, 6) is -5.13. The van der Waals surface area contributed by atoms with Crippen molar-refractivity contribution >= 4 is 29.7 Å². The van der Waals surface area contributed by atoms with Gasteiger partial charge in [-0.1, -0.05) is 12.1 Å². The fourth-order valence-corrected chi connectivity index (χ4v) is 2.34. The van der Waals surface area contributed by atoms with E-state index in [1.165, 1.54) is 19.1 Å². The Balaban J connectivity index is 2.72. The lowest BCUT2D eigenvalue weighted by atomic mass is 10.0. The number of rotatable bonds is 11. The molecule has 1 aromatic carbocycles. The maximum Gasteiger partial charge on any atom is 0.322 e. The molecule has 0 spiro atoms. The molecule has 0 aliphatic carbocycles. The molecule has 0 aliphatic heterocycles. The van der Waals surface area contributed by atoms with Crippen LogP contribution >= 0.6 is 0 Å². The number of hydrogen-bond acceptors (Lipinski definition) is 7. The van der Waals surface area contributed by atoms with Crippen LogP contribution in [0, 0.1) is 0 Å². The maximum absolute atomic E-state index is 12.3. The minimum atomic E-state index is -1.50. The number of phenolic OH excluding ortho intramolecular Hbond substituents is 1. The Morgan fingerprint density at radius 2 is 1.53 bits per heavy atom. The van der Waals surface area contributed by atoms with Gasteiger partial charge < -0.3 is 37.0 Å². The third-order valence-electron chi connectivity index (χ3n) is 3.91. The van der Waals surface area contributed by atoms with E-state index in [0.717, 1.165) is 0 Å². The number of nitrogens with one attached hydrogen (secondary N) is 3. The molecule has 1 rings (SSSR count). The molecular formula is C18H24N4O8. The largest absolute Gasteiger partial charge is 0.508 e. The monoisotopic (exact) mass is 424 g/mol. The van der Waals surface area contributed by atoms with E-state index in [2.05, 4.69) is 16.0 Å². The fraction of sp³-hybridized carbons (Fsp3) is 0.389. The van der Waals surface area contributed by atoms with Crippen LogP contribution in [-0.2, 0) is 30.4 Å². The molecule has 12 nitrogen and oxygen atoms in total. The number of carbonyl (C=O) groups is 5. The summed E-state index contributed by atoms with van der Waals surface area (Å²) in [6, 6.07) is 2.17. The second-order valence-corrected chi connectivity index (χ2v) is 6.48. The number of phenols is 1. The molecule has 0 saturated carbocycles. The second-order valence-electron chi connectivity index (χ2n) is 6.48. The van der Waals surface area contributed by atoms with Crippen LogP contribution in [-0.4, -0.2) is 69.7 Å². The van der Waals surface area contributed by atoms with E-state index in [1.54, 1.807) is 12.1 Å². The molecule has 3 amide bonds. The minimum absolute atomic E-state index is 0.0384. The van der Waals surface area contributed by atoms with Crippen molar-refractivity contribution in [2.24, 2.45) is 5.73 Å². The van der Waals surface area contributed by atoms with Gasteiger partial charge in [0.2, 0.25) is 17.7 Å². The van der Waals surface area contributed by atoms with Crippen molar-refractivity contribution in [3.63, 3.8) is 0 Å². The number of carbonyl (C=O) groups excluding carboxylic acids is 3. The number of aliphatic carboxylic acids is 2. The molecule has 0 heterocycles. The van der Waals surface area contributed by atoms with Crippen LogP contribution < -0.4 is 21.7 Å². The van der Waals surface area contributed by atoms with Gasteiger partial charge in [0.15, 0.2) is 0 Å². The molecular weight excluding hydrogens is 400 g/mol. The van der Waals surface area contributed by atoms with Crippen molar-refractivity contribution in [3.05, 3.63) is 29.8 Å². The molecule has 0 fully saturated rings. The Labute approximate surface area is 171 Å². The standard InChI is InChI=1S/C18H24N4O8/c1-9(16(28)20-8-15(26)27)21-18(30)13(7-14(24)25)22-17(29)12(19)6-10-2-4-11(23)5-3-10/h2-5,9,12-13,23H,6-8,19H2,1H3,(H,20,28)(H,21,30)(H,22,29)(H,24,25)(H,26,27). The van der Waals surface area contributed by atoms with Gasteiger partial charge in [-0.25, -0.2) is 0 Å². The van der Waals surface area contributed by atoms with E-state index in [1.807, 2.05) is 0 Å². The third kappa shape index (κ3) is 8.56. The van der Waals surface area contributed by atoms with Gasteiger partial charge in [0.1, 0.15) is 24.4 Å². The molecule has 164 valence electrons. The lowest BCUT2D eigenvalue weighted by molar-refractivity contribution is -0.141. The van der Waals surface area contributed by atoms with Gasteiger partial charge >= 0.3 is 11.9 Å². The lowest BCUT2D eigenvalue weighted by Crippen LogP contribution is -2.56. The highest BCUT2D eigenvalue weighted by molar-refractivity contribution is 5.95. The van der Waals surface area contributed by atoms with E-state index in [0.29, 0.717) is 5.56 Å². The fourth-order valence-electron chi connectivity index (χ4n) is 2.34. The highest BCUT2D eigenvalue weighted by Gasteiger charge is 2.28. The predicted molar refractivity (Wildman–Crippen MR) is 102 cm³/mol. The number of benzene rings is 1. The van der Waals surface area contributed by atoms with E-state index in [-0.39, 0.29) is 12.2 Å². The molecule has 1 aromatic rings. The first kappa shape index (κ1) is 24.4. The predicted octanol–water partition coefficient (Wildman–Crippen LogP) is -2.07. The van der Waals surface area contributed by atoms with Gasteiger partial charge in [0, 0.05) is 0 Å². The van der Waals surface area contributed by atoms with Crippen molar-refractivity contribution in [3.8, 4) is 5.75 Å². The topological polar surface area (TPSA) is 208 Å². The van der Waals surface area contributed by atoms with Gasteiger partial charge in [0.05, 0.1) is 12.5 Å². The molecule has 0 aliphatic rings. The van der Waals surface area contributed by atoms with Gasteiger partial charge in [0.25, 0.3) is 0 Å². The summed E-state index contributed by atoms with van der Waals surface area (Å²) in [5.41, 5.74) is 6.45. The Morgan fingerprint density at radius 1 is 0.933 bits per heavy atom. The molecule has 12 heteroatoms. The van der Waals surface area contributed by atoms with Crippen LogP contribution in [0.3, 0.4) is 0 Å². The summed E-state index contributed by atoms with van der Waals surface area (Å²) in [6.45, 7) is 0.617. The number of amides is 3. The van der Waals surface area contributed by atoms with Gasteiger partial charge in [-0.15, -0.1) is 0 Å². The Morgan fingerprint density at radius 3 is 2.07 bits per heavy atom. The van der Waals surface area contributed by atoms with Crippen LogP contribution in [0.4, 0.5) is 0 Å². The highest BCUT2D eigenvalue weighted by atomic mass is 16.4. The van der Waals surface area contributed by atoms with E-state index in [4.69, 9.17) is 15.9 Å². The SMILES string of the molecule is CC(NC(=O)C(CC(=O)O)NC(=O)C(N)Cc1ccc(O)cc1)C(=O)NCC(=O)O. The molecule has 3 unspecified atom stereocenters. The van der Waals surface area contributed by atoms with Crippen LogP contribution in [0.25, 0.3) is 0 Å². The molecule has 0 radical (unpaired) electrons.